The zero-order valence-electron chi connectivity index (χ0n) is 14.5. The lowest BCUT2D eigenvalue weighted by Crippen LogP contribution is -2.21. The van der Waals surface area contributed by atoms with Gasteiger partial charge in [-0.1, -0.05) is 22.0 Å². The first-order valence-electron chi connectivity index (χ1n) is 7.93. The Labute approximate surface area is 162 Å². The molecule has 1 unspecified atom stereocenters. The number of benzene rings is 2. The third-order valence-electron chi connectivity index (χ3n) is 3.96. The predicted molar refractivity (Wildman–Crippen MR) is 106 cm³/mol. The molecule has 0 amide bonds. The van der Waals surface area contributed by atoms with Crippen LogP contribution in [-0.2, 0) is 0 Å². The minimum atomic E-state index is -0.467. The molecule has 138 valence electrons. The summed E-state index contributed by atoms with van der Waals surface area (Å²) in [6, 6.07) is 8.50. The standard InChI is InChI=1S/C18H18BrFN2O3S/c1-4-25-15-7-10(5-6-14(15)24-2)17(26-3)22-16-12(20)8-11(19)9-13(16)21-18(22)23/h5-9,17H,4H2,1-3H3,(H,21,23). The maximum Gasteiger partial charge on any atom is 0.327 e. The van der Waals surface area contributed by atoms with Gasteiger partial charge in [0.05, 0.1) is 19.2 Å². The zero-order chi connectivity index (χ0) is 18.8. The van der Waals surface area contributed by atoms with Crippen molar-refractivity contribution in [3.8, 4) is 11.5 Å². The van der Waals surface area contributed by atoms with E-state index in [2.05, 4.69) is 20.9 Å². The van der Waals surface area contributed by atoms with Crippen molar-refractivity contribution in [3.63, 3.8) is 0 Å². The molecule has 1 aromatic heterocycles. The summed E-state index contributed by atoms with van der Waals surface area (Å²) >= 11 is 4.68. The summed E-state index contributed by atoms with van der Waals surface area (Å²) in [5.74, 6) is 0.727. The van der Waals surface area contributed by atoms with E-state index in [-0.39, 0.29) is 11.2 Å². The number of ether oxygens (including phenoxy) is 2. The third kappa shape index (κ3) is 3.35. The van der Waals surface area contributed by atoms with Gasteiger partial charge in [-0.3, -0.25) is 4.57 Å². The maximum absolute atomic E-state index is 14.6. The number of aromatic nitrogens is 2. The van der Waals surface area contributed by atoms with Crippen molar-refractivity contribution in [3.05, 3.63) is 56.7 Å². The number of thioether (sulfide) groups is 1. The van der Waals surface area contributed by atoms with Crippen molar-refractivity contribution in [1.29, 1.82) is 0 Å². The molecule has 0 bridgehead atoms. The van der Waals surface area contributed by atoms with Crippen molar-refractivity contribution in [2.45, 2.75) is 12.3 Å². The third-order valence-corrected chi connectivity index (χ3v) is 5.35. The van der Waals surface area contributed by atoms with Gasteiger partial charge in [-0.05, 0) is 43.0 Å². The van der Waals surface area contributed by atoms with Crippen molar-refractivity contribution < 1.29 is 13.9 Å². The van der Waals surface area contributed by atoms with Crippen LogP contribution in [0, 0.1) is 5.82 Å². The number of methoxy groups -OCH3 is 1. The SMILES string of the molecule is CCOc1cc(C(SC)n2c(=O)[nH]c3cc(Br)cc(F)c32)ccc1OC. The molecule has 0 saturated heterocycles. The van der Waals surface area contributed by atoms with Crippen LogP contribution in [0.4, 0.5) is 4.39 Å². The second-order valence-electron chi connectivity index (χ2n) is 5.52. The maximum atomic E-state index is 14.6. The molecule has 0 aliphatic carbocycles. The summed E-state index contributed by atoms with van der Waals surface area (Å²) in [7, 11) is 1.57. The Morgan fingerprint density at radius 2 is 2.08 bits per heavy atom. The molecule has 0 radical (unpaired) electrons. The average molecular weight is 441 g/mol. The van der Waals surface area contributed by atoms with Crippen LogP contribution in [0.15, 0.2) is 39.6 Å². The molecule has 1 heterocycles. The number of hydrogen-bond acceptors (Lipinski definition) is 4. The van der Waals surface area contributed by atoms with Gasteiger partial charge in [-0.2, -0.15) is 0 Å². The highest BCUT2D eigenvalue weighted by atomic mass is 79.9. The smallest absolute Gasteiger partial charge is 0.327 e. The molecule has 8 heteroatoms. The van der Waals surface area contributed by atoms with E-state index in [9.17, 15) is 9.18 Å². The quantitative estimate of drug-likeness (QED) is 0.610. The lowest BCUT2D eigenvalue weighted by molar-refractivity contribution is 0.310. The van der Waals surface area contributed by atoms with Gasteiger partial charge < -0.3 is 14.5 Å². The molecule has 0 fully saturated rings. The first-order valence-corrected chi connectivity index (χ1v) is 10.0. The molecular formula is C18H18BrFN2O3S. The number of imidazole rings is 1. The molecule has 5 nitrogen and oxygen atoms in total. The number of fused-ring (bicyclic) bond motifs is 1. The number of nitrogens with zero attached hydrogens (tertiary/aromatic N) is 1. The molecule has 26 heavy (non-hydrogen) atoms. The molecule has 0 aliphatic rings. The minimum Gasteiger partial charge on any atom is -0.493 e. The highest BCUT2D eigenvalue weighted by molar-refractivity contribution is 9.10. The number of aromatic amines is 1. The Hall–Kier alpha value is -1.93. The molecule has 0 saturated carbocycles. The highest BCUT2D eigenvalue weighted by Crippen LogP contribution is 2.36. The number of nitrogens with one attached hydrogen (secondary N) is 1. The van der Waals surface area contributed by atoms with Crippen LogP contribution in [0.1, 0.15) is 17.9 Å². The Bertz CT molecular complexity index is 1000. The van der Waals surface area contributed by atoms with E-state index >= 15 is 0 Å². The fraction of sp³-hybridized carbons (Fsp3) is 0.278. The van der Waals surface area contributed by atoms with Gasteiger partial charge in [-0.25, -0.2) is 9.18 Å². The van der Waals surface area contributed by atoms with Gasteiger partial charge in [0, 0.05) is 4.47 Å². The summed E-state index contributed by atoms with van der Waals surface area (Å²) in [5.41, 5.74) is 1.13. The van der Waals surface area contributed by atoms with Crippen molar-refractivity contribution in [2.24, 2.45) is 0 Å². The van der Waals surface area contributed by atoms with Gasteiger partial charge in [-0.15, -0.1) is 11.8 Å². The number of hydrogen-bond donors (Lipinski definition) is 1. The van der Waals surface area contributed by atoms with Crippen LogP contribution < -0.4 is 15.2 Å². The van der Waals surface area contributed by atoms with E-state index < -0.39 is 11.2 Å². The van der Waals surface area contributed by atoms with Crippen LogP contribution in [0.5, 0.6) is 11.5 Å². The van der Waals surface area contributed by atoms with Crippen LogP contribution in [-0.4, -0.2) is 29.5 Å². The van der Waals surface area contributed by atoms with Gasteiger partial charge in [0.1, 0.15) is 16.7 Å². The fourth-order valence-electron chi connectivity index (χ4n) is 2.91. The van der Waals surface area contributed by atoms with E-state index in [0.717, 1.165) is 5.56 Å². The lowest BCUT2D eigenvalue weighted by Gasteiger charge is -2.19. The number of halogens is 2. The average Bonchev–Trinajstić information content (AvgIpc) is 2.92. The van der Waals surface area contributed by atoms with Crippen molar-refractivity contribution >= 4 is 38.7 Å². The number of rotatable bonds is 6. The molecule has 2 aromatic carbocycles. The first-order chi connectivity index (χ1) is 12.5. The Morgan fingerprint density at radius 1 is 1.31 bits per heavy atom. The molecule has 1 atom stereocenters. The van der Waals surface area contributed by atoms with Gasteiger partial charge >= 0.3 is 5.69 Å². The van der Waals surface area contributed by atoms with E-state index in [1.165, 1.54) is 22.4 Å². The predicted octanol–water partition coefficient (Wildman–Crippen LogP) is 4.55. The van der Waals surface area contributed by atoms with Gasteiger partial charge in [0.2, 0.25) is 0 Å². The molecule has 0 spiro atoms. The fourth-order valence-corrected chi connectivity index (χ4v) is 4.17. The molecule has 1 N–H and O–H groups in total. The van der Waals surface area contributed by atoms with Gasteiger partial charge in [0.15, 0.2) is 11.5 Å². The van der Waals surface area contributed by atoms with Gasteiger partial charge in [0.25, 0.3) is 0 Å². The first kappa shape index (κ1) is 18.8. The van der Waals surface area contributed by atoms with Crippen molar-refractivity contribution in [1.82, 2.24) is 9.55 Å². The molecule has 3 rings (SSSR count). The van der Waals surface area contributed by atoms with Crippen molar-refractivity contribution in [2.75, 3.05) is 20.0 Å². The Morgan fingerprint density at radius 3 is 2.73 bits per heavy atom. The Balaban J connectivity index is 2.19. The highest BCUT2D eigenvalue weighted by Gasteiger charge is 2.22. The summed E-state index contributed by atoms with van der Waals surface area (Å²) in [4.78, 5) is 15.3. The summed E-state index contributed by atoms with van der Waals surface area (Å²) in [5, 5.41) is -0.419. The monoisotopic (exact) mass is 440 g/mol. The number of H-pyrrole nitrogens is 1. The summed E-state index contributed by atoms with van der Waals surface area (Å²) in [6.45, 7) is 2.37. The second-order valence-corrected chi connectivity index (χ2v) is 7.35. The largest absolute Gasteiger partial charge is 0.493 e. The molecular weight excluding hydrogens is 423 g/mol. The van der Waals surface area contributed by atoms with E-state index in [0.29, 0.717) is 28.1 Å². The van der Waals surface area contributed by atoms with Crippen LogP contribution in [0.2, 0.25) is 0 Å². The summed E-state index contributed by atoms with van der Waals surface area (Å²) in [6.07, 6.45) is 1.87. The second kappa shape index (κ2) is 7.75. The normalized spacial score (nSPS) is 12.3. The van der Waals surface area contributed by atoms with Crippen LogP contribution in [0.25, 0.3) is 11.0 Å². The zero-order valence-corrected chi connectivity index (χ0v) is 16.9. The molecule has 3 aromatic rings. The lowest BCUT2D eigenvalue weighted by atomic mass is 10.2. The minimum absolute atomic E-state index is 0.242. The van der Waals surface area contributed by atoms with Crippen LogP contribution >= 0.6 is 27.7 Å². The van der Waals surface area contributed by atoms with E-state index in [4.69, 9.17) is 9.47 Å². The topological polar surface area (TPSA) is 56.2 Å². The van der Waals surface area contributed by atoms with E-state index in [1.807, 2.05) is 25.3 Å². The molecule has 0 aliphatic heterocycles. The van der Waals surface area contributed by atoms with Crippen LogP contribution in [0.3, 0.4) is 0 Å². The summed E-state index contributed by atoms with van der Waals surface area (Å²) < 4.78 is 27.5. The Kier molecular flexibility index (Phi) is 5.62. The van der Waals surface area contributed by atoms with E-state index in [1.54, 1.807) is 19.2 Å².